The molecular weight excluding hydrogens is 324 g/mol. The van der Waals surface area contributed by atoms with Crippen LogP contribution in [0.1, 0.15) is 10.4 Å². The maximum Gasteiger partial charge on any atom is 0.338 e. The van der Waals surface area contributed by atoms with Gasteiger partial charge < -0.3 is 10.1 Å². The lowest BCUT2D eigenvalue weighted by atomic mass is 10.2. The van der Waals surface area contributed by atoms with E-state index in [0.29, 0.717) is 5.56 Å². The molecule has 2 aromatic carbocycles. The molecule has 2 aromatic rings. The zero-order valence-electron chi connectivity index (χ0n) is 12.1. The summed E-state index contributed by atoms with van der Waals surface area (Å²) in [6.07, 6.45) is 1.91. The number of nitrogens with one attached hydrogen (secondary N) is 1. The van der Waals surface area contributed by atoms with E-state index in [9.17, 15) is 18.4 Å². The van der Waals surface area contributed by atoms with Crippen LogP contribution in [0.2, 0.25) is 0 Å². The van der Waals surface area contributed by atoms with Gasteiger partial charge in [0.25, 0.3) is 5.91 Å². The summed E-state index contributed by atoms with van der Waals surface area (Å²) in [4.78, 5) is 24.4. The number of ether oxygens (including phenoxy) is 1. The van der Waals surface area contributed by atoms with E-state index in [4.69, 9.17) is 4.74 Å². The molecule has 0 saturated heterocycles. The van der Waals surface area contributed by atoms with E-state index < -0.39 is 30.1 Å². The number of esters is 1. The van der Waals surface area contributed by atoms with Gasteiger partial charge in [0.2, 0.25) is 0 Å². The van der Waals surface area contributed by atoms with Crippen LogP contribution in [0.4, 0.5) is 14.5 Å². The second-order valence-corrected chi connectivity index (χ2v) is 5.36. The third kappa shape index (κ3) is 4.79. The zero-order chi connectivity index (χ0) is 16.8. The van der Waals surface area contributed by atoms with Gasteiger partial charge in [0, 0.05) is 16.6 Å². The summed E-state index contributed by atoms with van der Waals surface area (Å²) in [5, 5.41) is 2.31. The van der Waals surface area contributed by atoms with Gasteiger partial charge in [0.15, 0.2) is 18.2 Å². The van der Waals surface area contributed by atoms with Gasteiger partial charge in [0.1, 0.15) is 0 Å². The molecule has 4 nitrogen and oxygen atoms in total. The molecule has 0 fully saturated rings. The Labute approximate surface area is 135 Å². The second-order valence-electron chi connectivity index (χ2n) is 4.48. The predicted molar refractivity (Wildman–Crippen MR) is 83.5 cm³/mol. The van der Waals surface area contributed by atoms with Gasteiger partial charge in [-0.25, -0.2) is 13.6 Å². The van der Waals surface area contributed by atoms with Crippen LogP contribution in [0.25, 0.3) is 0 Å². The fraction of sp³-hybridized carbons (Fsp3) is 0.125. The SMILES string of the molecule is CSc1ccc(C(=O)OCC(=O)Nc2ccc(F)c(F)c2)cc1. The van der Waals surface area contributed by atoms with Gasteiger partial charge in [-0.05, 0) is 42.7 Å². The Morgan fingerprint density at radius 1 is 1.09 bits per heavy atom. The summed E-state index contributed by atoms with van der Waals surface area (Å²) in [6, 6.07) is 9.67. The van der Waals surface area contributed by atoms with Crippen LogP contribution in [0.3, 0.4) is 0 Å². The van der Waals surface area contributed by atoms with Crippen LogP contribution in [0, 0.1) is 11.6 Å². The fourth-order valence-corrected chi connectivity index (χ4v) is 2.12. The highest BCUT2D eigenvalue weighted by Crippen LogP contribution is 2.15. The Morgan fingerprint density at radius 3 is 2.39 bits per heavy atom. The summed E-state index contributed by atoms with van der Waals surface area (Å²) < 4.78 is 30.7. The van der Waals surface area contributed by atoms with E-state index in [1.54, 1.807) is 24.3 Å². The van der Waals surface area contributed by atoms with Crippen molar-refractivity contribution in [1.29, 1.82) is 0 Å². The first kappa shape index (κ1) is 17.0. The van der Waals surface area contributed by atoms with Crippen molar-refractivity contribution in [3.05, 3.63) is 59.7 Å². The first-order valence-electron chi connectivity index (χ1n) is 6.55. The average molecular weight is 337 g/mol. The van der Waals surface area contributed by atoms with E-state index in [1.807, 2.05) is 6.26 Å². The third-order valence-electron chi connectivity index (χ3n) is 2.86. The highest BCUT2D eigenvalue weighted by Gasteiger charge is 2.11. The van der Waals surface area contributed by atoms with E-state index >= 15 is 0 Å². The molecule has 0 atom stereocenters. The van der Waals surface area contributed by atoms with Crippen LogP contribution in [-0.4, -0.2) is 24.7 Å². The molecule has 0 aromatic heterocycles. The van der Waals surface area contributed by atoms with Gasteiger partial charge in [0.05, 0.1) is 5.56 Å². The van der Waals surface area contributed by atoms with Crippen molar-refractivity contribution >= 4 is 29.3 Å². The number of carbonyl (C=O) groups is 2. The van der Waals surface area contributed by atoms with E-state index in [0.717, 1.165) is 17.0 Å². The first-order valence-corrected chi connectivity index (χ1v) is 7.78. The molecule has 1 amide bonds. The van der Waals surface area contributed by atoms with Crippen molar-refractivity contribution in [2.75, 3.05) is 18.2 Å². The largest absolute Gasteiger partial charge is 0.452 e. The minimum Gasteiger partial charge on any atom is -0.452 e. The standard InChI is InChI=1S/C16H13F2NO3S/c1-23-12-5-2-10(3-6-12)16(21)22-9-15(20)19-11-4-7-13(17)14(18)8-11/h2-8H,9H2,1H3,(H,19,20). The van der Waals surface area contributed by atoms with E-state index in [1.165, 1.54) is 17.8 Å². The van der Waals surface area contributed by atoms with Crippen molar-refractivity contribution in [3.8, 4) is 0 Å². The monoisotopic (exact) mass is 337 g/mol. The van der Waals surface area contributed by atoms with E-state index in [2.05, 4.69) is 5.32 Å². The molecule has 0 heterocycles. The Morgan fingerprint density at radius 2 is 1.78 bits per heavy atom. The molecule has 2 rings (SSSR count). The number of anilines is 1. The Kier molecular flexibility index (Phi) is 5.70. The molecule has 0 unspecified atom stereocenters. The van der Waals surface area contributed by atoms with Crippen molar-refractivity contribution in [1.82, 2.24) is 0 Å². The topological polar surface area (TPSA) is 55.4 Å². The fourth-order valence-electron chi connectivity index (χ4n) is 1.71. The molecule has 0 saturated carbocycles. The number of rotatable bonds is 5. The summed E-state index contributed by atoms with van der Waals surface area (Å²) in [6.45, 7) is -0.526. The molecule has 0 aliphatic carbocycles. The lowest BCUT2D eigenvalue weighted by Gasteiger charge is -2.07. The quantitative estimate of drug-likeness (QED) is 0.670. The highest BCUT2D eigenvalue weighted by molar-refractivity contribution is 7.98. The molecule has 7 heteroatoms. The average Bonchev–Trinajstić information content (AvgIpc) is 2.56. The van der Waals surface area contributed by atoms with Gasteiger partial charge in [-0.2, -0.15) is 0 Å². The van der Waals surface area contributed by atoms with E-state index in [-0.39, 0.29) is 5.69 Å². The van der Waals surface area contributed by atoms with Crippen LogP contribution >= 0.6 is 11.8 Å². The second kappa shape index (κ2) is 7.73. The lowest BCUT2D eigenvalue weighted by molar-refractivity contribution is -0.119. The number of thioether (sulfide) groups is 1. The number of hydrogen-bond acceptors (Lipinski definition) is 4. The molecular formula is C16H13F2NO3S. The molecule has 0 spiro atoms. The van der Waals surface area contributed by atoms with Gasteiger partial charge in [-0.3, -0.25) is 4.79 Å². The van der Waals surface area contributed by atoms with Crippen LogP contribution < -0.4 is 5.32 Å². The minimum absolute atomic E-state index is 0.0780. The summed E-state index contributed by atoms with van der Waals surface area (Å²) >= 11 is 1.54. The van der Waals surface area contributed by atoms with Crippen LogP contribution in [0.5, 0.6) is 0 Å². The zero-order valence-corrected chi connectivity index (χ0v) is 13.0. The molecule has 1 N–H and O–H groups in total. The predicted octanol–water partition coefficient (Wildman–Crippen LogP) is 3.48. The van der Waals surface area contributed by atoms with Crippen LogP contribution in [0.15, 0.2) is 47.4 Å². The molecule has 23 heavy (non-hydrogen) atoms. The summed E-state index contributed by atoms with van der Waals surface area (Å²) in [5.41, 5.74) is 0.401. The molecule has 0 aliphatic rings. The number of halogens is 2. The smallest absolute Gasteiger partial charge is 0.338 e. The Balaban J connectivity index is 1.87. The summed E-state index contributed by atoms with van der Waals surface area (Å²) in [5.74, 6) is -3.38. The number of amides is 1. The lowest BCUT2D eigenvalue weighted by Crippen LogP contribution is -2.21. The third-order valence-corrected chi connectivity index (χ3v) is 3.61. The van der Waals surface area contributed by atoms with Gasteiger partial charge >= 0.3 is 5.97 Å². The van der Waals surface area contributed by atoms with Crippen molar-refractivity contribution in [2.24, 2.45) is 0 Å². The molecule has 0 bridgehead atoms. The van der Waals surface area contributed by atoms with Crippen LogP contribution in [-0.2, 0) is 9.53 Å². The number of hydrogen-bond donors (Lipinski definition) is 1. The molecule has 0 aliphatic heterocycles. The Bertz CT molecular complexity index is 720. The maximum absolute atomic E-state index is 13.0. The summed E-state index contributed by atoms with van der Waals surface area (Å²) in [7, 11) is 0. The van der Waals surface area contributed by atoms with Crippen molar-refractivity contribution < 1.29 is 23.1 Å². The number of benzene rings is 2. The highest BCUT2D eigenvalue weighted by atomic mass is 32.2. The maximum atomic E-state index is 13.0. The van der Waals surface area contributed by atoms with Gasteiger partial charge in [-0.15, -0.1) is 11.8 Å². The molecule has 0 radical (unpaired) electrons. The van der Waals surface area contributed by atoms with Gasteiger partial charge in [-0.1, -0.05) is 0 Å². The Hall–Kier alpha value is -2.41. The number of carbonyl (C=O) groups excluding carboxylic acids is 2. The molecule has 120 valence electrons. The van der Waals surface area contributed by atoms with Crippen molar-refractivity contribution in [3.63, 3.8) is 0 Å². The first-order chi connectivity index (χ1) is 11.0. The normalized spacial score (nSPS) is 10.2. The van der Waals surface area contributed by atoms with Crippen molar-refractivity contribution in [2.45, 2.75) is 4.90 Å². The minimum atomic E-state index is -1.08.